The maximum atomic E-state index is 13.2. The molecule has 0 radical (unpaired) electrons. The van der Waals surface area contributed by atoms with Crippen molar-refractivity contribution >= 4 is 5.91 Å². The first kappa shape index (κ1) is 63.8. The van der Waals surface area contributed by atoms with E-state index in [1.165, 1.54) is 173 Å². The first-order chi connectivity index (χ1) is 33.6. The molecule has 2 heterocycles. The molecule has 0 spiro atoms. The SMILES string of the molecule is CCCCCCCCCCCCCCCCCC/C=C/C(O)C(COC1OC(CO)C(OC2OC(CO)C(O)C(O)C2O)C(O)C1O)NC(=O)CCCCCCCCCCCCCCCCCCC. The van der Waals surface area contributed by atoms with E-state index in [9.17, 15) is 45.6 Å². The van der Waals surface area contributed by atoms with E-state index in [-0.39, 0.29) is 18.9 Å². The van der Waals surface area contributed by atoms with Gasteiger partial charge in [0.2, 0.25) is 5.91 Å². The van der Waals surface area contributed by atoms with Gasteiger partial charge in [-0.05, 0) is 19.3 Å². The van der Waals surface area contributed by atoms with E-state index >= 15 is 0 Å². The summed E-state index contributed by atoms with van der Waals surface area (Å²) >= 11 is 0. The number of allylic oxidation sites excluding steroid dienone is 1. The van der Waals surface area contributed by atoms with Crippen LogP contribution >= 0.6 is 0 Å². The molecule has 69 heavy (non-hydrogen) atoms. The second kappa shape index (κ2) is 42.1. The van der Waals surface area contributed by atoms with E-state index in [1.54, 1.807) is 6.08 Å². The van der Waals surface area contributed by atoms with Crippen LogP contribution in [0.4, 0.5) is 0 Å². The van der Waals surface area contributed by atoms with Crippen LogP contribution < -0.4 is 5.32 Å². The summed E-state index contributed by atoms with van der Waals surface area (Å²) in [5.41, 5.74) is 0. The van der Waals surface area contributed by atoms with Crippen LogP contribution in [0.1, 0.15) is 239 Å². The van der Waals surface area contributed by atoms with Crippen molar-refractivity contribution < 1.29 is 64.6 Å². The molecule has 14 nitrogen and oxygen atoms in total. The van der Waals surface area contributed by atoms with Crippen LogP contribution in [-0.4, -0.2) is 140 Å². The fraction of sp³-hybridized carbons (Fsp3) is 0.945. The Bertz CT molecular complexity index is 1210. The Kier molecular flexibility index (Phi) is 39.0. The summed E-state index contributed by atoms with van der Waals surface area (Å²) < 4.78 is 22.8. The predicted octanol–water partition coefficient (Wildman–Crippen LogP) is 8.72. The summed E-state index contributed by atoms with van der Waals surface area (Å²) in [6, 6.07) is -0.908. The van der Waals surface area contributed by atoms with Gasteiger partial charge in [-0.15, -0.1) is 0 Å². The fourth-order valence-electron chi connectivity index (χ4n) is 9.59. The summed E-state index contributed by atoms with van der Waals surface area (Å²) in [4.78, 5) is 13.2. The molecule has 0 bridgehead atoms. The normalized spacial score (nSPS) is 26.2. The first-order valence-electron chi connectivity index (χ1n) is 28.4. The van der Waals surface area contributed by atoms with Crippen LogP contribution in [0.25, 0.3) is 0 Å². The number of aliphatic hydroxyl groups is 8. The van der Waals surface area contributed by atoms with Crippen LogP contribution in [0.2, 0.25) is 0 Å². The van der Waals surface area contributed by atoms with Crippen molar-refractivity contribution in [3.8, 4) is 0 Å². The monoisotopic (exact) mass is 988 g/mol. The molecular formula is C55H105NO13. The van der Waals surface area contributed by atoms with Gasteiger partial charge in [0.05, 0.1) is 32.0 Å². The van der Waals surface area contributed by atoms with Gasteiger partial charge in [-0.3, -0.25) is 4.79 Å². The molecule has 0 aromatic rings. The lowest BCUT2D eigenvalue weighted by Gasteiger charge is -2.46. The third-order valence-corrected chi connectivity index (χ3v) is 14.2. The average Bonchev–Trinajstić information content (AvgIpc) is 3.35. The molecule has 408 valence electrons. The summed E-state index contributed by atoms with van der Waals surface area (Å²) in [5, 5.41) is 87.0. The summed E-state index contributed by atoms with van der Waals surface area (Å²) in [6.07, 6.45) is 29.5. The smallest absolute Gasteiger partial charge is 0.220 e. The maximum Gasteiger partial charge on any atom is 0.220 e. The van der Waals surface area contributed by atoms with Crippen LogP contribution in [0.15, 0.2) is 12.2 Å². The van der Waals surface area contributed by atoms with Crippen molar-refractivity contribution in [3.63, 3.8) is 0 Å². The Morgan fingerprint density at radius 3 is 1.33 bits per heavy atom. The van der Waals surface area contributed by atoms with Crippen molar-refractivity contribution in [2.75, 3.05) is 19.8 Å². The van der Waals surface area contributed by atoms with Gasteiger partial charge in [0.1, 0.15) is 48.8 Å². The van der Waals surface area contributed by atoms with E-state index in [1.807, 2.05) is 6.08 Å². The number of hydrogen-bond acceptors (Lipinski definition) is 13. The van der Waals surface area contributed by atoms with Crippen molar-refractivity contribution in [1.29, 1.82) is 0 Å². The zero-order valence-corrected chi connectivity index (χ0v) is 43.6. The van der Waals surface area contributed by atoms with Crippen molar-refractivity contribution in [2.45, 2.75) is 312 Å². The number of ether oxygens (including phenoxy) is 4. The molecular weight excluding hydrogens is 883 g/mol. The van der Waals surface area contributed by atoms with E-state index in [4.69, 9.17) is 18.9 Å². The average molecular weight is 988 g/mol. The molecule has 0 saturated carbocycles. The van der Waals surface area contributed by atoms with Gasteiger partial charge in [-0.1, -0.05) is 225 Å². The molecule has 9 N–H and O–H groups in total. The quantitative estimate of drug-likeness (QED) is 0.0206. The minimum absolute atomic E-state index is 0.235. The number of amides is 1. The number of aliphatic hydroxyl groups excluding tert-OH is 8. The molecule has 2 rings (SSSR count). The zero-order valence-electron chi connectivity index (χ0n) is 43.6. The second-order valence-electron chi connectivity index (χ2n) is 20.4. The highest BCUT2D eigenvalue weighted by atomic mass is 16.7. The number of carbonyl (C=O) groups is 1. The first-order valence-corrected chi connectivity index (χ1v) is 28.4. The van der Waals surface area contributed by atoms with Gasteiger partial charge in [0, 0.05) is 6.42 Å². The molecule has 0 aliphatic carbocycles. The van der Waals surface area contributed by atoms with Gasteiger partial charge in [0.25, 0.3) is 0 Å². The molecule has 0 aromatic heterocycles. The number of unbranched alkanes of at least 4 members (excludes halogenated alkanes) is 32. The Morgan fingerprint density at radius 2 is 0.899 bits per heavy atom. The number of hydrogen-bond donors (Lipinski definition) is 9. The highest BCUT2D eigenvalue weighted by Gasteiger charge is 2.51. The lowest BCUT2D eigenvalue weighted by molar-refractivity contribution is -0.359. The Labute approximate surface area is 418 Å². The molecule has 1 amide bonds. The molecule has 2 fully saturated rings. The summed E-state index contributed by atoms with van der Waals surface area (Å²) in [6.45, 7) is 2.82. The van der Waals surface area contributed by atoms with E-state index in [0.29, 0.717) is 6.42 Å². The van der Waals surface area contributed by atoms with Gasteiger partial charge in [0.15, 0.2) is 12.6 Å². The lowest BCUT2D eigenvalue weighted by Crippen LogP contribution is -2.65. The minimum Gasteiger partial charge on any atom is -0.394 e. The maximum absolute atomic E-state index is 13.2. The Hall–Kier alpha value is -1.27. The molecule has 14 heteroatoms. The largest absolute Gasteiger partial charge is 0.394 e. The summed E-state index contributed by atoms with van der Waals surface area (Å²) in [5.74, 6) is -0.235. The second-order valence-corrected chi connectivity index (χ2v) is 20.4. The minimum atomic E-state index is -1.78. The van der Waals surface area contributed by atoms with Crippen LogP contribution in [-0.2, 0) is 23.7 Å². The summed E-state index contributed by atoms with van der Waals surface area (Å²) in [7, 11) is 0. The standard InChI is InChI=1S/C55H105NO13/c1-3-5-7-9-11-13-15-17-19-21-23-24-26-28-30-32-34-36-38-44(59)43(56-47(60)39-37-35-33-31-29-27-25-22-20-18-16-14-12-10-8-6-4-2)42-66-54-52(65)50(63)53(46(41-58)68-54)69-55-51(64)49(62)48(61)45(40-57)67-55/h36,38,43-46,48-55,57-59,61-65H,3-35,37,39-42H2,1-2H3,(H,56,60)/b38-36+. The van der Waals surface area contributed by atoms with Crippen LogP contribution in [0.5, 0.6) is 0 Å². The van der Waals surface area contributed by atoms with Gasteiger partial charge in [-0.2, -0.15) is 0 Å². The fourth-order valence-corrected chi connectivity index (χ4v) is 9.59. The number of rotatable bonds is 45. The van der Waals surface area contributed by atoms with Gasteiger partial charge >= 0.3 is 0 Å². The molecule has 2 aliphatic rings. The van der Waals surface area contributed by atoms with Gasteiger partial charge in [-0.25, -0.2) is 0 Å². The van der Waals surface area contributed by atoms with Crippen LogP contribution in [0.3, 0.4) is 0 Å². The number of nitrogens with one attached hydrogen (secondary N) is 1. The third kappa shape index (κ3) is 28.7. The van der Waals surface area contributed by atoms with E-state index < -0.39 is 86.8 Å². The topological polar surface area (TPSA) is 228 Å². The molecule has 12 atom stereocenters. The highest BCUT2D eigenvalue weighted by Crippen LogP contribution is 2.30. The van der Waals surface area contributed by atoms with Gasteiger partial charge < -0.3 is 65.1 Å². The highest BCUT2D eigenvalue weighted by molar-refractivity contribution is 5.76. The predicted molar refractivity (Wildman–Crippen MR) is 272 cm³/mol. The number of carbonyl (C=O) groups excluding carboxylic acids is 1. The third-order valence-electron chi connectivity index (χ3n) is 14.2. The molecule has 2 saturated heterocycles. The lowest BCUT2D eigenvalue weighted by atomic mass is 9.97. The molecule has 12 unspecified atom stereocenters. The van der Waals surface area contributed by atoms with Crippen molar-refractivity contribution in [1.82, 2.24) is 5.32 Å². The Balaban J connectivity index is 1.80. The van der Waals surface area contributed by atoms with Crippen molar-refractivity contribution in [3.05, 3.63) is 12.2 Å². The Morgan fingerprint density at radius 1 is 0.507 bits per heavy atom. The van der Waals surface area contributed by atoms with E-state index in [2.05, 4.69) is 19.2 Å². The molecule has 0 aromatic carbocycles. The zero-order chi connectivity index (χ0) is 50.3. The molecule has 2 aliphatic heterocycles. The van der Waals surface area contributed by atoms with Crippen molar-refractivity contribution in [2.24, 2.45) is 0 Å². The van der Waals surface area contributed by atoms with E-state index in [0.717, 1.165) is 38.5 Å². The van der Waals surface area contributed by atoms with Crippen LogP contribution in [0, 0.1) is 0 Å².